The second kappa shape index (κ2) is 8.09. The van der Waals surface area contributed by atoms with Crippen LogP contribution in [0.3, 0.4) is 0 Å². The summed E-state index contributed by atoms with van der Waals surface area (Å²) in [5.41, 5.74) is -0.357. The Morgan fingerprint density at radius 1 is 1.20 bits per heavy atom. The van der Waals surface area contributed by atoms with E-state index in [4.69, 9.17) is 14.5 Å². The molecule has 0 spiro atoms. The minimum Gasteiger partial charge on any atom is -0.361 e. The molecule has 10 nitrogen and oxygen atoms in total. The summed E-state index contributed by atoms with van der Waals surface area (Å²) in [5, 5.41) is 0. The SMILES string of the molecule is CCOCn1cnc2c1c(=O)n(CCCCP(=O)(O)O)c(=O)n2CC. The molecule has 0 aliphatic rings. The lowest BCUT2D eigenvalue weighted by molar-refractivity contribution is 0.0903. The first-order valence-corrected chi connectivity index (χ1v) is 9.90. The van der Waals surface area contributed by atoms with Crippen LogP contribution in [0.15, 0.2) is 15.9 Å². The van der Waals surface area contributed by atoms with Gasteiger partial charge in [-0.2, -0.15) is 0 Å². The minimum absolute atomic E-state index is 0.0907. The molecule has 0 aliphatic carbocycles. The number of hydrogen-bond acceptors (Lipinski definition) is 5. The number of nitrogens with zero attached hydrogens (tertiary/aromatic N) is 4. The summed E-state index contributed by atoms with van der Waals surface area (Å²) in [4.78, 5) is 47.2. The molecule has 25 heavy (non-hydrogen) atoms. The van der Waals surface area contributed by atoms with Gasteiger partial charge in [-0.05, 0) is 26.7 Å². The molecule has 2 aromatic heterocycles. The monoisotopic (exact) mass is 374 g/mol. The lowest BCUT2D eigenvalue weighted by Crippen LogP contribution is -2.40. The van der Waals surface area contributed by atoms with Gasteiger partial charge in [0.1, 0.15) is 6.73 Å². The Balaban J connectivity index is 2.40. The van der Waals surface area contributed by atoms with Crippen LogP contribution in [0.25, 0.3) is 11.2 Å². The van der Waals surface area contributed by atoms with E-state index in [0.29, 0.717) is 25.2 Å². The van der Waals surface area contributed by atoms with Gasteiger partial charge >= 0.3 is 13.3 Å². The molecule has 0 amide bonds. The molecule has 0 saturated heterocycles. The van der Waals surface area contributed by atoms with Gasteiger partial charge in [0, 0.05) is 25.9 Å². The summed E-state index contributed by atoms with van der Waals surface area (Å²) in [6.45, 7) is 4.69. The molecule has 0 saturated carbocycles. The van der Waals surface area contributed by atoms with Gasteiger partial charge in [0.25, 0.3) is 5.56 Å². The highest BCUT2D eigenvalue weighted by atomic mass is 31.2. The van der Waals surface area contributed by atoms with Crippen molar-refractivity contribution >= 4 is 18.8 Å². The highest BCUT2D eigenvalue weighted by molar-refractivity contribution is 7.51. The molecule has 2 heterocycles. The normalized spacial score (nSPS) is 12.2. The fraction of sp³-hybridized carbons (Fsp3) is 0.643. The Kier molecular flexibility index (Phi) is 6.34. The number of aromatic nitrogens is 4. The molecule has 0 bridgehead atoms. The van der Waals surface area contributed by atoms with Gasteiger partial charge in [-0.1, -0.05) is 0 Å². The molecule has 2 rings (SSSR count). The van der Waals surface area contributed by atoms with E-state index in [9.17, 15) is 14.2 Å². The molecule has 2 aromatic rings. The van der Waals surface area contributed by atoms with Crippen molar-refractivity contribution in [2.45, 2.75) is 46.5 Å². The van der Waals surface area contributed by atoms with E-state index in [-0.39, 0.29) is 31.4 Å². The maximum atomic E-state index is 12.7. The van der Waals surface area contributed by atoms with Gasteiger partial charge in [0.15, 0.2) is 11.2 Å². The third-order valence-electron chi connectivity index (χ3n) is 3.82. The molecular weight excluding hydrogens is 351 g/mol. The van der Waals surface area contributed by atoms with E-state index in [0.717, 1.165) is 4.57 Å². The summed E-state index contributed by atoms with van der Waals surface area (Å²) < 4.78 is 20.3. The minimum atomic E-state index is -4.08. The second-order valence-corrected chi connectivity index (χ2v) is 7.36. The first-order valence-electron chi connectivity index (χ1n) is 8.11. The second-order valence-electron chi connectivity index (χ2n) is 5.59. The summed E-state index contributed by atoms with van der Waals surface area (Å²) >= 11 is 0. The fourth-order valence-corrected chi connectivity index (χ4v) is 3.23. The summed E-state index contributed by atoms with van der Waals surface area (Å²) in [6.07, 6.45) is 1.73. The van der Waals surface area contributed by atoms with Gasteiger partial charge in [0.2, 0.25) is 0 Å². The maximum Gasteiger partial charge on any atom is 0.332 e. The standard InChI is InChI=1S/C14H23N4O6P/c1-3-17-12-11(16(9-15-12)10-24-4-2)13(19)18(14(17)20)7-5-6-8-25(21,22)23/h9H,3-8,10H2,1-2H3,(H2,21,22,23). The zero-order valence-electron chi connectivity index (χ0n) is 14.3. The number of unbranched alkanes of at least 4 members (excludes halogenated alkanes) is 1. The molecule has 0 fully saturated rings. The Morgan fingerprint density at radius 2 is 1.92 bits per heavy atom. The molecule has 140 valence electrons. The van der Waals surface area contributed by atoms with Gasteiger partial charge in [-0.25, -0.2) is 9.78 Å². The molecule has 0 unspecified atom stereocenters. The van der Waals surface area contributed by atoms with Gasteiger partial charge in [0.05, 0.1) is 6.33 Å². The van der Waals surface area contributed by atoms with Crippen LogP contribution in [0, 0.1) is 0 Å². The topological polar surface area (TPSA) is 129 Å². The maximum absolute atomic E-state index is 12.7. The van der Waals surface area contributed by atoms with Crippen LogP contribution >= 0.6 is 7.60 Å². The molecule has 11 heteroatoms. The molecule has 2 N–H and O–H groups in total. The number of ether oxygens (including phenoxy) is 1. The van der Waals surface area contributed by atoms with Crippen molar-refractivity contribution in [2.24, 2.45) is 0 Å². The number of aryl methyl sites for hydroxylation is 1. The molecule has 0 aromatic carbocycles. The quantitative estimate of drug-likeness (QED) is 0.478. The van der Waals surface area contributed by atoms with E-state index in [1.165, 1.54) is 10.9 Å². The Bertz CT molecular complexity index is 893. The average Bonchev–Trinajstić information content (AvgIpc) is 2.95. The van der Waals surface area contributed by atoms with Crippen molar-refractivity contribution in [3.8, 4) is 0 Å². The van der Waals surface area contributed by atoms with E-state index < -0.39 is 18.8 Å². The lowest BCUT2D eigenvalue weighted by Gasteiger charge is -2.11. The largest absolute Gasteiger partial charge is 0.361 e. The number of hydrogen-bond donors (Lipinski definition) is 2. The Labute approximate surface area is 143 Å². The summed E-state index contributed by atoms with van der Waals surface area (Å²) in [6, 6.07) is 0. The highest BCUT2D eigenvalue weighted by Crippen LogP contribution is 2.35. The number of rotatable bonds is 9. The van der Waals surface area contributed by atoms with E-state index in [1.807, 2.05) is 6.92 Å². The predicted octanol–water partition coefficient (Wildman–Crippen LogP) is 0.331. The first kappa shape index (κ1) is 19.6. The highest BCUT2D eigenvalue weighted by Gasteiger charge is 2.18. The predicted molar refractivity (Wildman–Crippen MR) is 91.7 cm³/mol. The lowest BCUT2D eigenvalue weighted by atomic mass is 10.3. The molecule has 0 atom stereocenters. The van der Waals surface area contributed by atoms with Crippen LogP contribution in [0.1, 0.15) is 26.7 Å². The summed E-state index contributed by atoms with van der Waals surface area (Å²) in [5.74, 6) is 0. The summed E-state index contributed by atoms with van der Waals surface area (Å²) in [7, 11) is -4.08. The van der Waals surface area contributed by atoms with Crippen molar-refractivity contribution in [3.63, 3.8) is 0 Å². The van der Waals surface area contributed by atoms with Crippen LogP contribution in [0.2, 0.25) is 0 Å². The number of fused-ring (bicyclic) bond motifs is 1. The van der Waals surface area contributed by atoms with Gasteiger partial charge < -0.3 is 19.1 Å². The third kappa shape index (κ3) is 4.46. The molecule has 0 aliphatic heterocycles. The van der Waals surface area contributed by atoms with Crippen LogP contribution < -0.4 is 11.2 Å². The van der Waals surface area contributed by atoms with Gasteiger partial charge in [-0.3, -0.25) is 18.5 Å². The van der Waals surface area contributed by atoms with Crippen molar-refractivity contribution in [2.75, 3.05) is 12.8 Å². The van der Waals surface area contributed by atoms with Crippen LogP contribution in [-0.4, -0.2) is 41.2 Å². The zero-order valence-corrected chi connectivity index (χ0v) is 15.2. The Morgan fingerprint density at radius 3 is 2.52 bits per heavy atom. The smallest absolute Gasteiger partial charge is 0.332 e. The van der Waals surface area contributed by atoms with Crippen molar-refractivity contribution in [1.29, 1.82) is 0 Å². The van der Waals surface area contributed by atoms with E-state index in [1.54, 1.807) is 11.5 Å². The van der Waals surface area contributed by atoms with Crippen molar-refractivity contribution in [1.82, 2.24) is 18.7 Å². The fourth-order valence-electron chi connectivity index (χ4n) is 2.60. The first-order chi connectivity index (χ1) is 11.8. The Hall–Kier alpha value is -1.74. The van der Waals surface area contributed by atoms with Crippen LogP contribution in [-0.2, 0) is 29.1 Å². The van der Waals surface area contributed by atoms with Crippen molar-refractivity contribution in [3.05, 3.63) is 27.2 Å². The third-order valence-corrected chi connectivity index (χ3v) is 4.71. The van der Waals surface area contributed by atoms with Crippen LogP contribution in [0.5, 0.6) is 0 Å². The van der Waals surface area contributed by atoms with Crippen LogP contribution in [0.4, 0.5) is 0 Å². The van der Waals surface area contributed by atoms with E-state index in [2.05, 4.69) is 4.98 Å². The molecule has 0 radical (unpaired) electrons. The zero-order chi connectivity index (χ0) is 18.6. The van der Waals surface area contributed by atoms with Gasteiger partial charge in [-0.15, -0.1) is 0 Å². The van der Waals surface area contributed by atoms with Crippen molar-refractivity contribution < 1.29 is 19.1 Å². The molecular formula is C14H23N4O6P. The number of imidazole rings is 1. The van der Waals surface area contributed by atoms with E-state index >= 15 is 0 Å². The average molecular weight is 374 g/mol.